The molecule has 0 aliphatic carbocycles. The van der Waals surface area contributed by atoms with E-state index < -0.39 is 11.6 Å². The van der Waals surface area contributed by atoms with Crippen molar-refractivity contribution in [3.8, 4) is 11.4 Å². The summed E-state index contributed by atoms with van der Waals surface area (Å²) in [5.74, 6) is -1.12. The van der Waals surface area contributed by atoms with Crippen molar-refractivity contribution in [2.24, 2.45) is 0 Å². The molecule has 0 bridgehead atoms. The zero-order valence-corrected chi connectivity index (χ0v) is 11.4. The minimum atomic E-state index is -0.755. The summed E-state index contributed by atoms with van der Waals surface area (Å²) in [4.78, 5) is 0. The van der Waals surface area contributed by atoms with E-state index in [0.29, 0.717) is 13.2 Å². The summed E-state index contributed by atoms with van der Waals surface area (Å²) in [5, 5.41) is 16.4. The van der Waals surface area contributed by atoms with Crippen LogP contribution in [0.3, 0.4) is 0 Å². The third-order valence-electron chi connectivity index (χ3n) is 2.74. The number of aromatic nitrogens is 3. The highest BCUT2D eigenvalue weighted by Gasteiger charge is 2.18. The Hall–Kier alpha value is -1.57. The van der Waals surface area contributed by atoms with Gasteiger partial charge in [0.25, 0.3) is 0 Å². The van der Waals surface area contributed by atoms with E-state index in [0.717, 1.165) is 12.1 Å². The summed E-state index contributed by atoms with van der Waals surface area (Å²) in [6.45, 7) is 0.253. The van der Waals surface area contributed by atoms with Crippen molar-refractivity contribution in [3.05, 3.63) is 34.6 Å². The summed E-state index contributed by atoms with van der Waals surface area (Å²) in [7, 11) is 1.51. The molecular formula is C12H12ClF2N3O2. The van der Waals surface area contributed by atoms with E-state index in [-0.39, 0.29) is 28.8 Å². The van der Waals surface area contributed by atoms with Gasteiger partial charge in [-0.3, -0.25) is 0 Å². The van der Waals surface area contributed by atoms with Crippen molar-refractivity contribution in [2.45, 2.75) is 13.2 Å². The fraction of sp³-hybridized carbons (Fsp3) is 0.333. The van der Waals surface area contributed by atoms with Gasteiger partial charge in [-0.25, -0.2) is 8.78 Å². The average molecular weight is 304 g/mol. The van der Waals surface area contributed by atoms with Crippen molar-refractivity contribution in [1.82, 2.24) is 14.8 Å². The number of rotatable bonds is 5. The topological polar surface area (TPSA) is 60.2 Å². The molecule has 5 nitrogen and oxygen atoms in total. The number of hydrogen-bond acceptors (Lipinski definition) is 4. The first kappa shape index (κ1) is 14.8. The number of aliphatic hydroxyl groups excluding tert-OH is 1. The van der Waals surface area contributed by atoms with Crippen LogP contribution in [0.5, 0.6) is 0 Å². The number of aliphatic hydroxyl groups is 1. The molecule has 0 saturated carbocycles. The van der Waals surface area contributed by atoms with E-state index in [9.17, 15) is 13.9 Å². The van der Waals surface area contributed by atoms with Crippen molar-refractivity contribution in [1.29, 1.82) is 0 Å². The van der Waals surface area contributed by atoms with Crippen molar-refractivity contribution in [3.63, 3.8) is 0 Å². The van der Waals surface area contributed by atoms with Crippen LogP contribution in [0, 0.1) is 11.6 Å². The molecule has 0 spiro atoms. The summed E-state index contributed by atoms with van der Waals surface area (Å²) < 4.78 is 33.8. The lowest BCUT2D eigenvalue weighted by Crippen LogP contribution is -2.10. The lowest BCUT2D eigenvalue weighted by atomic mass is 10.2. The molecule has 8 heteroatoms. The minimum absolute atomic E-state index is 0.0739. The van der Waals surface area contributed by atoms with Crippen LogP contribution in [0.1, 0.15) is 5.82 Å². The predicted molar refractivity (Wildman–Crippen MR) is 68.2 cm³/mol. The molecule has 0 aliphatic rings. The van der Waals surface area contributed by atoms with Gasteiger partial charge in [-0.1, -0.05) is 11.6 Å². The van der Waals surface area contributed by atoms with Gasteiger partial charge in [-0.05, 0) is 12.1 Å². The Labute approximate surface area is 118 Å². The van der Waals surface area contributed by atoms with Gasteiger partial charge in [0.1, 0.15) is 18.2 Å². The molecule has 20 heavy (non-hydrogen) atoms. The molecule has 2 rings (SSSR count). The van der Waals surface area contributed by atoms with Gasteiger partial charge in [0.05, 0.1) is 17.2 Å². The molecule has 0 atom stereocenters. The first-order valence-corrected chi connectivity index (χ1v) is 6.13. The van der Waals surface area contributed by atoms with E-state index in [1.807, 2.05) is 0 Å². The molecule has 0 amide bonds. The Morgan fingerprint density at radius 1 is 1.30 bits per heavy atom. The predicted octanol–water partition coefficient (Wildman–Crippen LogP) is 2.02. The first-order valence-electron chi connectivity index (χ1n) is 5.75. The molecular weight excluding hydrogens is 292 g/mol. The molecule has 2 aromatic rings. The summed E-state index contributed by atoms with van der Waals surface area (Å²) in [6, 6.07) is 1.83. The van der Waals surface area contributed by atoms with Gasteiger partial charge in [0.15, 0.2) is 11.6 Å². The third kappa shape index (κ3) is 2.79. The maximum atomic E-state index is 13.9. The Balaban J connectivity index is 2.52. The summed E-state index contributed by atoms with van der Waals surface area (Å²) in [6.07, 6.45) is 0. The van der Waals surface area contributed by atoms with Gasteiger partial charge in [0.2, 0.25) is 0 Å². The second-order valence-electron chi connectivity index (χ2n) is 3.99. The number of benzene rings is 1. The van der Waals surface area contributed by atoms with Crippen LogP contribution in [0.4, 0.5) is 8.78 Å². The van der Waals surface area contributed by atoms with Crippen LogP contribution < -0.4 is 0 Å². The molecule has 1 aromatic heterocycles. The van der Waals surface area contributed by atoms with E-state index >= 15 is 0 Å². The van der Waals surface area contributed by atoms with Crippen LogP contribution in [0.25, 0.3) is 11.4 Å². The Bertz CT molecular complexity index is 619. The zero-order valence-electron chi connectivity index (χ0n) is 10.6. The van der Waals surface area contributed by atoms with Crippen molar-refractivity contribution in [2.75, 3.05) is 13.7 Å². The van der Waals surface area contributed by atoms with E-state index in [1.54, 1.807) is 0 Å². The van der Waals surface area contributed by atoms with E-state index in [4.69, 9.17) is 16.3 Å². The lowest BCUT2D eigenvalue weighted by Gasteiger charge is -2.09. The van der Waals surface area contributed by atoms with Crippen molar-refractivity contribution >= 4 is 11.6 Å². The minimum Gasteiger partial charge on any atom is -0.388 e. The summed E-state index contributed by atoms with van der Waals surface area (Å²) >= 11 is 5.51. The monoisotopic (exact) mass is 303 g/mol. The Kier molecular flexibility index (Phi) is 4.64. The Morgan fingerprint density at radius 2 is 2.05 bits per heavy atom. The van der Waals surface area contributed by atoms with Gasteiger partial charge in [0, 0.05) is 13.7 Å². The quantitative estimate of drug-likeness (QED) is 0.859. The highest BCUT2D eigenvalue weighted by Crippen LogP contribution is 2.27. The number of methoxy groups -OCH3 is 1. The SMILES string of the molecule is COCCn1c(CO)nnc1-c1cc(F)c(Cl)cc1F. The second-order valence-corrected chi connectivity index (χ2v) is 4.40. The smallest absolute Gasteiger partial charge is 0.167 e. The van der Waals surface area contributed by atoms with Gasteiger partial charge >= 0.3 is 0 Å². The van der Waals surface area contributed by atoms with Crippen molar-refractivity contribution < 1.29 is 18.6 Å². The van der Waals surface area contributed by atoms with Crippen LogP contribution in [0.15, 0.2) is 12.1 Å². The van der Waals surface area contributed by atoms with Gasteiger partial charge in [-0.15, -0.1) is 10.2 Å². The molecule has 108 valence electrons. The van der Waals surface area contributed by atoms with Crippen LogP contribution in [-0.4, -0.2) is 33.6 Å². The van der Waals surface area contributed by atoms with Gasteiger partial charge < -0.3 is 14.4 Å². The molecule has 1 aromatic carbocycles. The highest BCUT2D eigenvalue weighted by molar-refractivity contribution is 6.30. The maximum Gasteiger partial charge on any atom is 0.167 e. The average Bonchev–Trinajstić information content (AvgIpc) is 2.83. The largest absolute Gasteiger partial charge is 0.388 e. The number of hydrogen-bond donors (Lipinski definition) is 1. The molecule has 0 aliphatic heterocycles. The first-order chi connectivity index (χ1) is 9.58. The number of nitrogens with zero attached hydrogens (tertiary/aromatic N) is 3. The fourth-order valence-electron chi connectivity index (χ4n) is 1.76. The molecule has 1 heterocycles. The maximum absolute atomic E-state index is 13.9. The third-order valence-corrected chi connectivity index (χ3v) is 3.03. The Morgan fingerprint density at radius 3 is 2.70 bits per heavy atom. The number of ether oxygens (including phenoxy) is 1. The van der Waals surface area contributed by atoms with Crippen LogP contribution in [-0.2, 0) is 17.9 Å². The molecule has 0 fully saturated rings. The molecule has 0 saturated heterocycles. The van der Waals surface area contributed by atoms with E-state index in [2.05, 4.69) is 10.2 Å². The lowest BCUT2D eigenvalue weighted by molar-refractivity contribution is 0.183. The summed E-state index contributed by atoms with van der Waals surface area (Å²) in [5.41, 5.74) is -0.0739. The second kappa shape index (κ2) is 6.25. The van der Waals surface area contributed by atoms with Crippen LogP contribution >= 0.6 is 11.6 Å². The van der Waals surface area contributed by atoms with Crippen LogP contribution in [0.2, 0.25) is 5.02 Å². The molecule has 0 radical (unpaired) electrons. The highest BCUT2D eigenvalue weighted by atomic mass is 35.5. The molecule has 1 N–H and O–H groups in total. The normalized spacial score (nSPS) is 11.1. The molecule has 0 unspecified atom stereocenters. The standard InChI is InChI=1S/C12H12ClF2N3O2/c1-20-3-2-18-11(6-19)16-17-12(18)7-4-10(15)8(13)5-9(7)14/h4-5,19H,2-3,6H2,1H3. The zero-order chi connectivity index (χ0) is 14.7. The number of halogens is 3. The van der Waals surface area contributed by atoms with Gasteiger partial charge in [-0.2, -0.15) is 0 Å². The van der Waals surface area contributed by atoms with E-state index in [1.165, 1.54) is 11.7 Å². The fourth-order valence-corrected chi connectivity index (χ4v) is 1.91.